The quantitative estimate of drug-likeness (QED) is 0.416. The summed E-state index contributed by atoms with van der Waals surface area (Å²) in [4.78, 5) is 24.9. The number of hydrogen-bond donors (Lipinski definition) is 1. The first-order valence-corrected chi connectivity index (χ1v) is 11.9. The molecule has 4 nitrogen and oxygen atoms in total. The second-order valence-corrected chi connectivity index (χ2v) is 10.4. The average Bonchev–Trinajstić information content (AvgIpc) is 3.02. The number of benzene rings is 1. The van der Waals surface area contributed by atoms with Crippen molar-refractivity contribution in [3.63, 3.8) is 0 Å². The van der Waals surface area contributed by atoms with E-state index in [9.17, 15) is 4.79 Å². The summed E-state index contributed by atoms with van der Waals surface area (Å²) in [6.07, 6.45) is 4.71. The van der Waals surface area contributed by atoms with Crippen LogP contribution in [-0.2, 0) is 17.6 Å². The number of rotatable bonds is 4. The first-order chi connectivity index (χ1) is 13.8. The molecule has 29 heavy (non-hydrogen) atoms. The lowest BCUT2D eigenvalue weighted by atomic mass is 9.97. The molecule has 6 heteroatoms. The number of amides is 1. The first-order valence-electron chi connectivity index (χ1n) is 10.2. The monoisotopic (exact) mass is 425 g/mol. The molecule has 0 saturated carbocycles. The van der Waals surface area contributed by atoms with Gasteiger partial charge in [0.05, 0.1) is 5.25 Å². The summed E-state index contributed by atoms with van der Waals surface area (Å²) >= 11 is 3.36. The third-order valence-electron chi connectivity index (χ3n) is 5.48. The van der Waals surface area contributed by atoms with Crippen LogP contribution in [0, 0.1) is 27.7 Å². The van der Waals surface area contributed by atoms with Gasteiger partial charge in [-0.3, -0.25) is 4.79 Å². The zero-order chi connectivity index (χ0) is 20.7. The number of anilines is 1. The summed E-state index contributed by atoms with van der Waals surface area (Å²) in [5, 5.41) is 5.03. The fourth-order valence-electron chi connectivity index (χ4n) is 4.13. The second kappa shape index (κ2) is 8.07. The number of nitrogens with zero attached hydrogens (tertiary/aromatic N) is 2. The maximum absolute atomic E-state index is 13.0. The molecule has 0 saturated heterocycles. The first kappa shape index (κ1) is 20.4. The highest BCUT2D eigenvalue weighted by Gasteiger charge is 2.24. The lowest BCUT2D eigenvalue weighted by molar-refractivity contribution is -0.115. The van der Waals surface area contributed by atoms with Crippen LogP contribution in [0.15, 0.2) is 17.2 Å². The number of carbonyl (C=O) groups is 1. The molecule has 1 aliphatic rings. The maximum Gasteiger partial charge on any atom is 0.237 e. The molecule has 1 amide bonds. The predicted molar refractivity (Wildman–Crippen MR) is 123 cm³/mol. The van der Waals surface area contributed by atoms with Crippen LogP contribution in [0.25, 0.3) is 10.2 Å². The zero-order valence-corrected chi connectivity index (χ0v) is 19.3. The smallest absolute Gasteiger partial charge is 0.237 e. The standard InChI is InChI=1S/C23H27N3OS2/c1-12-10-13(2)20(14(3)11-12)26-21(27)15(4)28-22-19-17-8-6-7-9-18(17)29-23(19)25-16(5)24-22/h10-11,15H,6-9H2,1-5H3,(H,26,27)/t15-/m0/s1. The van der Waals surface area contributed by atoms with Gasteiger partial charge in [-0.05, 0) is 77.0 Å². The Bertz CT molecular complexity index is 1080. The summed E-state index contributed by atoms with van der Waals surface area (Å²) in [5.41, 5.74) is 5.74. The fourth-order valence-corrected chi connectivity index (χ4v) is 6.53. The van der Waals surface area contributed by atoms with Gasteiger partial charge in [0.25, 0.3) is 0 Å². The van der Waals surface area contributed by atoms with Gasteiger partial charge in [-0.1, -0.05) is 29.5 Å². The third kappa shape index (κ3) is 4.05. The molecule has 1 aliphatic carbocycles. The van der Waals surface area contributed by atoms with E-state index < -0.39 is 0 Å². The number of nitrogens with one attached hydrogen (secondary N) is 1. The molecule has 0 bridgehead atoms. The molecule has 1 N–H and O–H groups in total. The maximum atomic E-state index is 13.0. The van der Waals surface area contributed by atoms with E-state index >= 15 is 0 Å². The number of aromatic nitrogens is 2. The van der Waals surface area contributed by atoms with Crippen LogP contribution in [0.5, 0.6) is 0 Å². The van der Waals surface area contributed by atoms with Crippen molar-refractivity contribution in [2.75, 3.05) is 5.32 Å². The van der Waals surface area contributed by atoms with Gasteiger partial charge in [0.1, 0.15) is 15.7 Å². The molecule has 0 radical (unpaired) electrons. The van der Waals surface area contributed by atoms with E-state index in [0.717, 1.165) is 45.3 Å². The van der Waals surface area contributed by atoms with E-state index in [1.807, 2.05) is 27.7 Å². The number of carbonyl (C=O) groups excluding carboxylic acids is 1. The molecule has 1 aromatic carbocycles. The molecule has 0 spiro atoms. The molecule has 2 heterocycles. The lowest BCUT2D eigenvalue weighted by Crippen LogP contribution is -2.23. The van der Waals surface area contributed by atoms with Crippen molar-refractivity contribution in [2.45, 2.75) is 70.6 Å². The summed E-state index contributed by atoms with van der Waals surface area (Å²) < 4.78 is 0. The highest BCUT2D eigenvalue weighted by atomic mass is 32.2. The SMILES string of the molecule is Cc1cc(C)c(NC(=O)[C@H](C)Sc2nc(C)nc3sc4c(c23)CCCC4)c(C)c1. The number of hydrogen-bond acceptors (Lipinski definition) is 5. The van der Waals surface area contributed by atoms with Gasteiger partial charge in [0.2, 0.25) is 5.91 Å². The number of aryl methyl sites for hydroxylation is 6. The van der Waals surface area contributed by atoms with E-state index in [4.69, 9.17) is 4.98 Å². The van der Waals surface area contributed by atoms with Crippen molar-refractivity contribution >= 4 is 44.9 Å². The molecule has 0 fully saturated rings. The Balaban J connectivity index is 1.61. The van der Waals surface area contributed by atoms with Crippen molar-refractivity contribution in [3.05, 3.63) is 45.1 Å². The molecular formula is C23H27N3OS2. The minimum atomic E-state index is -0.244. The van der Waals surface area contributed by atoms with Crippen LogP contribution in [-0.4, -0.2) is 21.1 Å². The van der Waals surface area contributed by atoms with Crippen LogP contribution in [0.2, 0.25) is 0 Å². The van der Waals surface area contributed by atoms with Crippen molar-refractivity contribution < 1.29 is 4.79 Å². The zero-order valence-electron chi connectivity index (χ0n) is 17.7. The van der Waals surface area contributed by atoms with Crippen LogP contribution < -0.4 is 5.32 Å². The third-order valence-corrected chi connectivity index (χ3v) is 7.75. The Morgan fingerprint density at radius 1 is 1.10 bits per heavy atom. The van der Waals surface area contributed by atoms with E-state index in [2.05, 4.69) is 29.4 Å². The number of thioether (sulfide) groups is 1. The Kier molecular flexibility index (Phi) is 5.67. The summed E-state index contributed by atoms with van der Waals surface area (Å²) in [6.45, 7) is 10.1. The van der Waals surface area contributed by atoms with E-state index in [0.29, 0.717) is 0 Å². The largest absolute Gasteiger partial charge is 0.325 e. The van der Waals surface area contributed by atoms with Gasteiger partial charge in [-0.2, -0.15) is 0 Å². The summed E-state index contributed by atoms with van der Waals surface area (Å²) in [7, 11) is 0. The molecule has 2 aromatic heterocycles. The normalized spacial score (nSPS) is 14.7. The Morgan fingerprint density at radius 3 is 2.52 bits per heavy atom. The van der Waals surface area contributed by atoms with Crippen LogP contribution >= 0.6 is 23.1 Å². The van der Waals surface area contributed by atoms with Crippen LogP contribution in [0.3, 0.4) is 0 Å². The molecular weight excluding hydrogens is 398 g/mol. The number of thiophene rings is 1. The van der Waals surface area contributed by atoms with Gasteiger partial charge in [0, 0.05) is 16.0 Å². The summed E-state index contributed by atoms with van der Waals surface area (Å²) in [6, 6.07) is 4.21. The van der Waals surface area contributed by atoms with Crippen molar-refractivity contribution in [2.24, 2.45) is 0 Å². The second-order valence-electron chi connectivity index (χ2n) is 7.99. The highest BCUT2D eigenvalue weighted by molar-refractivity contribution is 8.00. The molecule has 3 aromatic rings. The molecule has 1 atom stereocenters. The lowest BCUT2D eigenvalue weighted by Gasteiger charge is -2.17. The van der Waals surface area contributed by atoms with E-state index in [-0.39, 0.29) is 11.2 Å². The van der Waals surface area contributed by atoms with Crippen molar-refractivity contribution in [1.82, 2.24) is 9.97 Å². The Morgan fingerprint density at radius 2 is 1.79 bits per heavy atom. The minimum absolute atomic E-state index is 0.0126. The van der Waals surface area contributed by atoms with Gasteiger partial charge < -0.3 is 5.32 Å². The highest BCUT2D eigenvalue weighted by Crippen LogP contribution is 2.40. The molecule has 152 valence electrons. The van der Waals surface area contributed by atoms with Crippen molar-refractivity contribution in [1.29, 1.82) is 0 Å². The minimum Gasteiger partial charge on any atom is -0.325 e. The van der Waals surface area contributed by atoms with Crippen LogP contribution in [0.1, 0.15) is 52.7 Å². The van der Waals surface area contributed by atoms with E-state index in [1.165, 1.54) is 34.2 Å². The number of fused-ring (bicyclic) bond motifs is 3. The van der Waals surface area contributed by atoms with Crippen LogP contribution in [0.4, 0.5) is 5.69 Å². The van der Waals surface area contributed by atoms with Crippen molar-refractivity contribution in [3.8, 4) is 0 Å². The van der Waals surface area contributed by atoms with Gasteiger partial charge >= 0.3 is 0 Å². The fraction of sp³-hybridized carbons (Fsp3) is 0.435. The predicted octanol–water partition coefficient (Wildman–Crippen LogP) is 5.92. The summed E-state index contributed by atoms with van der Waals surface area (Å²) in [5.74, 6) is 0.787. The topological polar surface area (TPSA) is 54.9 Å². The molecule has 0 aliphatic heterocycles. The average molecular weight is 426 g/mol. The molecule has 4 rings (SSSR count). The van der Waals surface area contributed by atoms with Gasteiger partial charge in [0.15, 0.2) is 0 Å². The van der Waals surface area contributed by atoms with Gasteiger partial charge in [-0.15, -0.1) is 11.3 Å². The van der Waals surface area contributed by atoms with E-state index in [1.54, 1.807) is 23.1 Å². The van der Waals surface area contributed by atoms with Gasteiger partial charge in [-0.25, -0.2) is 9.97 Å². The molecule has 0 unspecified atom stereocenters. The Hall–Kier alpha value is -1.92. The Labute approximate surface area is 180 Å².